The van der Waals surface area contributed by atoms with Gasteiger partial charge in [0, 0.05) is 19.6 Å². The molecule has 1 amide bonds. The molecule has 2 N–H and O–H groups in total. The Morgan fingerprint density at radius 3 is 2.72 bits per heavy atom. The van der Waals surface area contributed by atoms with Crippen LogP contribution in [-0.2, 0) is 9.53 Å². The maximum absolute atomic E-state index is 11.6. The van der Waals surface area contributed by atoms with Crippen LogP contribution in [0.5, 0.6) is 0 Å². The van der Waals surface area contributed by atoms with Crippen molar-refractivity contribution in [2.45, 2.75) is 31.8 Å². The first-order chi connectivity index (χ1) is 8.68. The van der Waals surface area contributed by atoms with Crippen molar-refractivity contribution in [1.29, 1.82) is 0 Å². The van der Waals surface area contributed by atoms with Crippen LogP contribution in [0.1, 0.15) is 26.2 Å². The summed E-state index contributed by atoms with van der Waals surface area (Å²) in [5, 5.41) is 6.06. The maximum Gasteiger partial charge on any atom is 0.246 e. The number of carbonyl (C=O) groups excluding carboxylic acids is 1. The van der Waals surface area contributed by atoms with Crippen molar-refractivity contribution in [1.82, 2.24) is 15.5 Å². The molecule has 0 atom stereocenters. The van der Waals surface area contributed by atoms with Gasteiger partial charge >= 0.3 is 0 Å². The Labute approximate surface area is 109 Å². The van der Waals surface area contributed by atoms with Crippen molar-refractivity contribution >= 4 is 5.91 Å². The average Bonchev–Trinajstić information content (AvgIpc) is 2.82. The molecule has 0 aliphatic carbocycles. The Hall–Kier alpha value is -0.650. The lowest BCUT2D eigenvalue weighted by atomic mass is 10.0. The second kappa shape index (κ2) is 6.50. The van der Waals surface area contributed by atoms with Gasteiger partial charge < -0.3 is 20.3 Å². The number of ether oxygens (including phenoxy) is 1. The monoisotopic (exact) mass is 255 g/mol. The average molecular weight is 255 g/mol. The van der Waals surface area contributed by atoms with Gasteiger partial charge in [0.05, 0.1) is 5.60 Å². The van der Waals surface area contributed by atoms with Crippen LogP contribution in [0.25, 0.3) is 0 Å². The molecule has 5 heteroatoms. The number of hydrogen-bond acceptors (Lipinski definition) is 4. The SMILES string of the molecule is CC1(OCC(=O)NCCCN2CCCC2)CNC1. The number of rotatable bonds is 7. The molecule has 0 saturated carbocycles. The molecule has 0 radical (unpaired) electrons. The summed E-state index contributed by atoms with van der Waals surface area (Å²) in [6.45, 7) is 8.21. The zero-order valence-corrected chi connectivity index (χ0v) is 11.3. The molecule has 2 rings (SSSR count). The standard InChI is InChI=1S/C13H25N3O2/c1-13(10-14-11-13)18-9-12(17)15-5-4-8-16-6-2-3-7-16/h14H,2-11H2,1H3,(H,15,17). The Bertz CT molecular complexity index is 273. The topological polar surface area (TPSA) is 53.6 Å². The lowest BCUT2D eigenvalue weighted by Gasteiger charge is -2.38. The van der Waals surface area contributed by atoms with Crippen LogP contribution < -0.4 is 10.6 Å². The van der Waals surface area contributed by atoms with Gasteiger partial charge in [-0.3, -0.25) is 4.79 Å². The number of nitrogens with one attached hydrogen (secondary N) is 2. The van der Waals surface area contributed by atoms with Gasteiger partial charge in [-0.25, -0.2) is 0 Å². The fourth-order valence-electron chi connectivity index (χ4n) is 2.41. The van der Waals surface area contributed by atoms with Crippen molar-refractivity contribution in [3.8, 4) is 0 Å². The minimum atomic E-state index is -0.132. The van der Waals surface area contributed by atoms with Crippen molar-refractivity contribution in [3.05, 3.63) is 0 Å². The Morgan fingerprint density at radius 2 is 2.11 bits per heavy atom. The van der Waals surface area contributed by atoms with Gasteiger partial charge in [-0.15, -0.1) is 0 Å². The third-order valence-corrected chi connectivity index (χ3v) is 3.72. The first-order valence-corrected chi connectivity index (χ1v) is 7.02. The van der Waals surface area contributed by atoms with Gasteiger partial charge in [0.2, 0.25) is 5.91 Å². The second-order valence-corrected chi connectivity index (χ2v) is 5.59. The summed E-state index contributed by atoms with van der Waals surface area (Å²) in [6.07, 6.45) is 3.68. The van der Waals surface area contributed by atoms with Gasteiger partial charge in [-0.2, -0.15) is 0 Å². The molecule has 18 heavy (non-hydrogen) atoms. The van der Waals surface area contributed by atoms with Gasteiger partial charge in [0.15, 0.2) is 0 Å². The normalized spacial score (nSPS) is 22.7. The van der Waals surface area contributed by atoms with Crippen LogP contribution >= 0.6 is 0 Å². The van der Waals surface area contributed by atoms with Crippen LogP contribution in [0.4, 0.5) is 0 Å². The van der Waals surface area contributed by atoms with Crippen molar-refractivity contribution in [3.63, 3.8) is 0 Å². The van der Waals surface area contributed by atoms with Crippen LogP contribution in [0.15, 0.2) is 0 Å². The van der Waals surface area contributed by atoms with Crippen LogP contribution in [0, 0.1) is 0 Å². The molecule has 0 aromatic heterocycles. The van der Waals surface area contributed by atoms with E-state index < -0.39 is 0 Å². The molecule has 0 bridgehead atoms. The lowest BCUT2D eigenvalue weighted by Crippen LogP contribution is -2.59. The summed E-state index contributed by atoms with van der Waals surface area (Å²) in [5.74, 6) is 0.00421. The highest BCUT2D eigenvalue weighted by Crippen LogP contribution is 2.14. The highest BCUT2D eigenvalue weighted by molar-refractivity contribution is 5.77. The Kier molecular flexibility index (Phi) is 4.97. The van der Waals surface area contributed by atoms with Crippen LogP contribution in [-0.4, -0.2) is 62.3 Å². The molecule has 2 saturated heterocycles. The number of amides is 1. The number of carbonyl (C=O) groups is 1. The molecule has 0 unspecified atom stereocenters. The van der Waals surface area contributed by atoms with Crippen molar-refractivity contribution in [2.75, 3.05) is 45.9 Å². The molecule has 0 aromatic carbocycles. The van der Waals surface area contributed by atoms with Gasteiger partial charge in [0.1, 0.15) is 6.61 Å². The van der Waals surface area contributed by atoms with E-state index in [0.29, 0.717) is 0 Å². The summed E-state index contributed by atoms with van der Waals surface area (Å²) >= 11 is 0. The zero-order chi connectivity index (χ0) is 12.8. The van der Waals surface area contributed by atoms with E-state index in [1.165, 1.54) is 25.9 Å². The molecule has 2 aliphatic rings. The fourth-order valence-corrected chi connectivity index (χ4v) is 2.41. The molecule has 2 fully saturated rings. The molecular weight excluding hydrogens is 230 g/mol. The molecule has 0 aromatic rings. The highest BCUT2D eigenvalue weighted by Gasteiger charge is 2.32. The Morgan fingerprint density at radius 1 is 1.39 bits per heavy atom. The number of nitrogens with zero attached hydrogens (tertiary/aromatic N) is 1. The van der Waals surface area contributed by atoms with Gasteiger partial charge in [-0.1, -0.05) is 0 Å². The van der Waals surface area contributed by atoms with Crippen LogP contribution in [0.2, 0.25) is 0 Å². The van der Waals surface area contributed by atoms with Crippen molar-refractivity contribution in [2.24, 2.45) is 0 Å². The van der Waals surface area contributed by atoms with E-state index in [2.05, 4.69) is 15.5 Å². The third-order valence-electron chi connectivity index (χ3n) is 3.72. The summed E-state index contributed by atoms with van der Waals surface area (Å²) < 4.78 is 5.57. The summed E-state index contributed by atoms with van der Waals surface area (Å²) in [5.41, 5.74) is -0.132. The fraction of sp³-hybridized carbons (Fsp3) is 0.923. The zero-order valence-electron chi connectivity index (χ0n) is 11.3. The van der Waals surface area contributed by atoms with E-state index in [-0.39, 0.29) is 18.1 Å². The number of hydrogen-bond donors (Lipinski definition) is 2. The largest absolute Gasteiger partial charge is 0.363 e. The van der Waals surface area contributed by atoms with E-state index >= 15 is 0 Å². The summed E-state index contributed by atoms with van der Waals surface area (Å²) in [4.78, 5) is 14.0. The number of likely N-dealkylation sites (tertiary alicyclic amines) is 1. The first-order valence-electron chi connectivity index (χ1n) is 7.02. The van der Waals surface area contributed by atoms with Crippen LogP contribution in [0.3, 0.4) is 0 Å². The molecular formula is C13H25N3O2. The molecule has 2 aliphatic heterocycles. The Balaban J connectivity index is 1.46. The molecule has 5 nitrogen and oxygen atoms in total. The minimum absolute atomic E-state index is 0.00421. The van der Waals surface area contributed by atoms with E-state index in [4.69, 9.17) is 4.74 Å². The van der Waals surface area contributed by atoms with E-state index in [1.54, 1.807) is 0 Å². The quantitative estimate of drug-likeness (QED) is 0.627. The smallest absolute Gasteiger partial charge is 0.246 e. The maximum atomic E-state index is 11.6. The third kappa shape index (κ3) is 4.23. The predicted octanol–water partition coefficient (Wildman–Crippen LogP) is -0.0330. The van der Waals surface area contributed by atoms with Gasteiger partial charge in [-0.05, 0) is 45.8 Å². The highest BCUT2D eigenvalue weighted by atomic mass is 16.5. The summed E-state index contributed by atoms with van der Waals surface area (Å²) in [7, 11) is 0. The first kappa shape index (κ1) is 13.8. The summed E-state index contributed by atoms with van der Waals surface area (Å²) in [6, 6.07) is 0. The second-order valence-electron chi connectivity index (χ2n) is 5.59. The predicted molar refractivity (Wildman–Crippen MR) is 70.5 cm³/mol. The molecule has 104 valence electrons. The molecule has 2 heterocycles. The van der Waals surface area contributed by atoms with Crippen molar-refractivity contribution < 1.29 is 9.53 Å². The van der Waals surface area contributed by atoms with E-state index in [0.717, 1.165) is 32.6 Å². The van der Waals surface area contributed by atoms with E-state index in [1.807, 2.05) is 6.92 Å². The van der Waals surface area contributed by atoms with Gasteiger partial charge in [0.25, 0.3) is 0 Å². The molecule has 0 spiro atoms. The lowest BCUT2D eigenvalue weighted by molar-refractivity contribution is -0.135. The minimum Gasteiger partial charge on any atom is -0.363 e. The van der Waals surface area contributed by atoms with E-state index in [9.17, 15) is 4.79 Å².